The predicted octanol–water partition coefficient (Wildman–Crippen LogP) is 2.95. The first kappa shape index (κ1) is 20.2. The molecule has 144 valence electrons. The molecule has 0 aromatic heterocycles. The van der Waals surface area contributed by atoms with Crippen LogP contribution < -0.4 is 29.6 Å². The number of anilines is 2. The molecule has 0 spiro atoms. The van der Waals surface area contributed by atoms with E-state index in [1.165, 1.54) is 46.6 Å². The molecule has 2 aromatic rings. The van der Waals surface area contributed by atoms with Gasteiger partial charge in [-0.15, -0.1) is 0 Å². The highest BCUT2D eigenvalue weighted by molar-refractivity contribution is 6.44. The summed E-state index contributed by atoms with van der Waals surface area (Å²) in [5.41, 5.74) is 0.522. The Bertz CT molecular complexity index is 856. The van der Waals surface area contributed by atoms with Gasteiger partial charge in [0.05, 0.1) is 44.8 Å². The van der Waals surface area contributed by atoms with Crippen molar-refractivity contribution in [3.8, 4) is 23.0 Å². The Balaban J connectivity index is 2.21. The average molecular weight is 395 g/mol. The van der Waals surface area contributed by atoms with Crippen LogP contribution in [-0.4, -0.2) is 40.3 Å². The zero-order valence-electron chi connectivity index (χ0n) is 15.2. The van der Waals surface area contributed by atoms with Crippen LogP contribution in [0, 0.1) is 0 Å². The van der Waals surface area contributed by atoms with Crippen LogP contribution in [0.25, 0.3) is 0 Å². The Labute approximate surface area is 161 Å². The maximum absolute atomic E-state index is 12.3. The summed E-state index contributed by atoms with van der Waals surface area (Å²) in [5.74, 6) is -0.345. The summed E-state index contributed by atoms with van der Waals surface area (Å²) in [6, 6.07) is 7.74. The summed E-state index contributed by atoms with van der Waals surface area (Å²) in [6.45, 7) is 0. The Hall–Kier alpha value is -3.13. The van der Waals surface area contributed by atoms with Crippen molar-refractivity contribution in [1.29, 1.82) is 0 Å². The third-order valence-corrected chi connectivity index (χ3v) is 3.88. The number of benzene rings is 2. The van der Waals surface area contributed by atoms with Crippen molar-refractivity contribution in [1.82, 2.24) is 0 Å². The third-order valence-electron chi connectivity index (χ3n) is 3.58. The molecular weight excluding hydrogens is 376 g/mol. The van der Waals surface area contributed by atoms with E-state index < -0.39 is 11.8 Å². The smallest absolute Gasteiger partial charge is 0.314 e. The average Bonchev–Trinajstić information content (AvgIpc) is 2.68. The summed E-state index contributed by atoms with van der Waals surface area (Å²) in [4.78, 5) is 24.6. The number of methoxy groups -OCH3 is 4. The minimum Gasteiger partial charge on any atom is -0.497 e. The summed E-state index contributed by atoms with van der Waals surface area (Å²) in [7, 11) is 5.78. The van der Waals surface area contributed by atoms with Crippen molar-refractivity contribution in [3.63, 3.8) is 0 Å². The summed E-state index contributed by atoms with van der Waals surface area (Å²) < 4.78 is 20.6. The lowest BCUT2D eigenvalue weighted by Gasteiger charge is -2.14. The molecule has 0 saturated heterocycles. The highest BCUT2D eigenvalue weighted by Crippen LogP contribution is 2.36. The van der Waals surface area contributed by atoms with E-state index >= 15 is 0 Å². The minimum atomic E-state index is -0.914. The number of carbonyl (C=O) groups is 2. The van der Waals surface area contributed by atoms with E-state index in [0.29, 0.717) is 22.3 Å². The van der Waals surface area contributed by atoms with Gasteiger partial charge in [-0.3, -0.25) is 9.59 Å². The van der Waals surface area contributed by atoms with Gasteiger partial charge < -0.3 is 29.6 Å². The zero-order chi connectivity index (χ0) is 20.0. The van der Waals surface area contributed by atoms with Gasteiger partial charge in [0, 0.05) is 18.2 Å². The Morgan fingerprint density at radius 3 is 1.81 bits per heavy atom. The van der Waals surface area contributed by atoms with Gasteiger partial charge in [-0.05, 0) is 12.1 Å². The van der Waals surface area contributed by atoms with Gasteiger partial charge in [-0.2, -0.15) is 0 Å². The molecule has 0 unspecified atom stereocenters. The first-order chi connectivity index (χ1) is 12.9. The van der Waals surface area contributed by atoms with Gasteiger partial charge in [0.2, 0.25) is 0 Å². The minimum absolute atomic E-state index is 0.233. The fourth-order valence-electron chi connectivity index (χ4n) is 2.23. The molecule has 2 aromatic carbocycles. The molecule has 2 amide bonds. The third kappa shape index (κ3) is 4.73. The van der Waals surface area contributed by atoms with Crippen LogP contribution in [0.1, 0.15) is 0 Å². The fraction of sp³-hybridized carbons (Fsp3) is 0.222. The fourth-order valence-corrected chi connectivity index (χ4v) is 2.46. The maximum atomic E-state index is 12.3. The van der Waals surface area contributed by atoms with Crippen molar-refractivity contribution in [2.24, 2.45) is 0 Å². The SMILES string of the molecule is COc1ccc(OC)c(NC(=O)C(=O)Nc2cc(OC)c(Cl)cc2OC)c1. The number of hydrogen-bond acceptors (Lipinski definition) is 6. The molecule has 2 N–H and O–H groups in total. The van der Waals surface area contributed by atoms with Crippen LogP contribution in [0.3, 0.4) is 0 Å². The Morgan fingerprint density at radius 2 is 1.30 bits per heavy atom. The standard InChI is InChI=1S/C18H19ClN2O6/c1-24-10-5-6-14(25-2)12(7-10)20-17(22)18(23)21-13-9-15(26-3)11(19)8-16(13)27-4/h5-9H,1-4H3,(H,20,22)(H,21,23). The molecule has 0 atom stereocenters. The number of rotatable bonds is 6. The summed E-state index contributed by atoms with van der Waals surface area (Å²) in [5, 5.41) is 5.25. The second-order valence-corrected chi connectivity index (χ2v) is 5.57. The van der Waals surface area contributed by atoms with Crippen molar-refractivity contribution >= 4 is 34.8 Å². The van der Waals surface area contributed by atoms with Gasteiger partial charge in [0.1, 0.15) is 23.0 Å². The van der Waals surface area contributed by atoms with Crippen molar-refractivity contribution in [2.45, 2.75) is 0 Å². The predicted molar refractivity (Wildman–Crippen MR) is 101 cm³/mol. The number of ether oxygens (including phenoxy) is 4. The van der Waals surface area contributed by atoms with E-state index in [1.807, 2.05) is 0 Å². The molecule has 0 aliphatic rings. The molecule has 0 fully saturated rings. The monoisotopic (exact) mass is 394 g/mol. The van der Waals surface area contributed by atoms with E-state index in [4.69, 9.17) is 30.5 Å². The number of amides is 2. The highest BCUT2D eigenvalue weighted by Gasteiger charge is 2.19. The second-order valence-electron chi connectivity index (χ2n) is 5.16. The highest BCUT2D eigenvalue weighted by atomic mass is 35.5. The van der Waals surface area contributed by atoms with Crippen LogP contribution in [0.15, 0.2) is 30.3 Å². The normalized spacial score (nSPS) is 9.96. The van der Waals surface area contributed by atoms with Gasteiger partial charge in [0.25, 0.3) is 0 Å². The quantitative estimate of drug-likeness (QED) is 0.731. The molecule has 8 nitrogen and oxygen atoms in total. The number of hydrogen-bond donors (Lipinski definition) is 2. The molecule has 0 aliphatic heterocycles. The van der Waals surface area contributed by atoms with E-state index in [2.05, 4.69) is 10.6 Å². The molecule has 2 rings (SSSR count). The second kappa shape index (κ2) is 9.00. The van der Waals surface area contributed by atoms with Crippen LogP contribution >= 0.6 is 11.6 Å². The van der Waals surface area contributed by atoms with Crippen molar-refractivity contribution < 1.29 is 28.5 Å². The molecule has 0 heterocycles. The number of carbonyl (C=O) groups excluding carboxylic acids is 2. The Morgan fingerprint density at radius 1 is 0.741 bits per heavy atom. The van der Waals surface area contributed by atoms with E-state index in [-0.39, 0.29) is 17.1 Å². The topological polar surface area (TPSA) is 95.1 Å². The van der Waals surface area contributed by atoms with Crippen molar-refractivity contribution in [3.05, 3.63) is 35.4 Å². The molecule has 0 bridgehead atoms. The Kier molecular flexibility index (Phi) is 6.73. The molecule has 0 aliphatic carbocycles. The van der Waals surface area contributed by atoms with E-state index in [0.717, 1.165) is 0 Å². The van der Waals surface area contributed by atoms with Gasteiger partial charge >= 0.3 is 11.8 Å². The molecule has 9 heteroatoms. The van der Waals surface area contributed by atoms with Crippen LogP contribution in [0.2, 0.25) is 5.02 Å². The van der Waals surface area contributed by atoms with Gasteiger partial charge in [-0.1, -0.05) is 11.6 Å². The van der Waals surface area contributed by atoms with Crippen LogP contribution in [0.4, 0.5) is 11.4 Å². The molecule has 0 saturated carbocycles. The summed E-state index contributed by atoms with van der Waals surface area (Å²) >= 11 is 6.03. The lowest BCUT2D eigenvalue weighted by Crippen LogP contribution is -2.29. The first-order valence-electron chi connectivity index (χ1n) is 7.69. The lowest BCUT2D eigenvalue weighted by molar-refractivity contribution is -0.133. The van der Waals surface area contributed by atoms with Gasteiger partial charge in [-0.25, -0.2) is 0 Å². The zero-order valence-corrected chi connectivity index (χ0v) is 16.0. The lowest BCUT2D eigenvalue weighted by atomic mass is 10.2. The molecule has 0 radical (unpaired) electrons. The number of nitrogens with one attached hydrogen (secondary N) is 2. The maximum Gasteiger partial charge on any atom is 0.314 e. The number of halogens is 1. The molecular formula is C18H19ClN2O6. The van der Waals surface area contributed by atoms with Crippen LogP contribution in [0.5, 0.6) is 23.0 Å². The van der Waals surface area contributed by atoms with Crippen molar-refractivity contribution in [2.75, 3.05) is 39.1 Å². The van der Waals surface area contributed by atoms with E-state index in [9.17, 15) is 9.59 Å². The van der Waals surface area contributed by atoms with Crippen LogP contribution in [-0.2, 0) is 9.59 Å². The summed E-state index contributed by atoms with van der Waals surface area (Å²) in [6.07, 6.45) is 0. The van der Waals surface area contributed by atoms with E-state index in [1.54, 1.807) is 12.1 Å². The largest absolute Gasteiger partial charge is 0.497 e. The molecule has 27 heavy (non-hydrogen) atoms. The van der Waals surface area contributed by atoms with Gasteiger partial charge in [0.15, 0.2) is 0 Å². The first-order valence-corrected chi connectivity index (χ1v) is 8.07.